The Morgan fingerprint density at radius 2 is 1.82 bits per heavy atom. The molecule has 0 amide bonds. The molecule has 4 atom stereocenters. The largest absolute Gasteiger partial charge is 0.302 e. The van der Waals surface area contributed by atoms with Gasteiger partial charge in [-0.2, -0.15) is 0 Å². The van der Waals surface area contributed by atoms with Crippen molar-refractivity contribution in [2.24, 2.45) is 11.8 Å². The van der Waals surface area contributed by atoms with Crippen LogP contribution in [0.3, 0.4) is 0 Å². The Morgan fingerprint density at radius 1 is 1.18 bits per heavy atom. The second-order valence-corrected chi connectivity index (χ2v) is 5.33. The molecule has 0 bridgehead atoms. The lowest BCUT2D eigenvalue weighted by molar-refractivity contribution is 0.300. The Kier molecular flexibility index (Phi) is 9.47. The van der Waals surface area contributed by atoms with E-state index in [0.717, 1.165) is 12.5 Å². The maximum absolute atomic E-state index is 3.88. The first-order valence-electron chi connectivity index (χ1n) is 7.17. The number of hydrogen-bond acceptors (Lipinski definition) is 2. The minimum atomic E-state index is 0.348. The molecule has 102 valence electrons. The summed E-state index contributed by atoms with van der Waals surface area (Å²) in [4.78, 5) is 0. The predicted octanol–water partition coefficient (Wildman–Crippen LogP) is 3.55. The molecule has 0 rings (SSSR count). The third-order valence-corrected chi connectivity index (χ3v) is 3.32. The Balaban J connectivity index is 4.10. The van der Waals surface area contributed by atoms with Gasteiger partial charge in [0.05, 0.1) is 6.17 Å². The van der Waals surface area contributed by atoms with Gasteiger partial charge in [-0.25, -0.2) is 0 Å². The van der Waals surface area contributed by atoms with Gasteiger partial charge in [-0.3, -0.25) is 5.32 Å². The maximum Gasteiger partial charge on any atom is 0.0635 e. The molecule has 0 aromatic heterocycles. The van der Waals surface area contributed by atoms with Gasteiger partial charge in [-0.1, -0.05) is 46.6 Å². The van der Waals surface area contributed by atoms with Crippen LogP contribution in [0.4, 0.5) is 0 Å². The molecule has 0 aliphatic heterocycles. The van der Waals surface area contributed by atoms with Gasteiger partial charge in [0.25, 0.3) is 0 Å². The molecule has 0 spiro atoms. The van der Waals surface area contributed by atoms with Gasteiger partial charge in [-0.15, -0.1) is 6.58 Å². The summed E-state index contributed by atoms with van der Waals surface area (Å²) in [5.74, 6) is 1.27. The molecule has 0 fully saturated rings. The summed E-state index contributed by atoms with van der Waals surface area (Å²) in [7, 11) is 0. The highest BCUT2D eigenvalue weighted by atomic mass is 15.1. The van der Waals surface area contributed by atoms with Gasteiger partial charge in [0.15, 0.2) is 0 Å². The highest BCUT2D eigenvalue weighted by Gasteiger charge is 2.16. The average Bonchev–Trinajstić information content (AvgIpc) is 2.27. The van der Waals surface area contributed by atoms with Gasteiger partial charge in [-0.05, 0) is 25.8 Å². The van der Waals surface area contributed by atoms with E-state index in [-0.39, 0.29) is 0 Å². The molecule has 0 aromatic rings. The molecule has 0 heterocycles. The lowest BCUT2D eigenvalue weighted by Crippen LogP contribution is -2.50. The van der Waals surface area contributed by atoms with Crippen LogP contribution < -0.4 is 10.6 Å². The van der Waals surface area contributed by atoms with E-state index in [4.69, 9.17) is 0 Å². The van der Waals surface area contributed by atoms with Crippen LogP contribution in [0, 0.1) is 11.8 Å². The first kappa shape index (κ1) is 16.7. The van der Waals surface area contributed by atoms with E-state index in [1.54, 1.807) is 0 Å². The zero-order valence-electron chi connectivity index (χ0n) is 12.4. The van der Waals surface area contributed by atoms with E-state index >= 15 is 0 Å². The van der Waals surface area contributed by atoms with Crippen molar-refractivity contribution in [1.82, 2.24) is 10.6 Å². The molecule has 3 unspecified atom stereocenters. The normalized spacial score (nSPS) is 18.4. The van der Waals surface area contributed by atoms with Crippen LogP contribution in [0.2, 0.25) is 0 Å². The van der Waals surface area contributed by atoms with E-state index in [0.29, 0.717) is 18.1 Å². The predicted molar refractivity (Wildman–Crippen MR) is 78.1 cm³/mol. The van der Waals surface area contributed by atoms with Crippen LogP contribution in [-0.4, -0.2) is 18.8 Å². The standard InChI is InChI=1S/C15H32N2/c1-7-10-12(4)11-14(6)17-15(16-9-3)13(5)8-2/h8,12-17H,2,7,9-11H2,1,3-6H3/t12?,13?,14-,15?/m1/s1. The van der Waals surface area contributed by atoms with Crippen molar-refractivity contribution < 1.29 is 0 Å². The molecular formula is C15H32N2. The Hall–Kier alpha value is -0.340. The molecular weight excluding hydrogens is 208 g/mol. The smallest absolute Gasteiger partial charge is 0.0635 e. The summed E-state index contributed by atoms with van der Waals surface area (Å²) in [6.45, 7) is 16.1. The molecule has 2 heteroatoms. The third-order valence-electron chi connectivity index (χ3n) is 3.32. The summed E-state index contributed by atoms with van der Waals surface area (Å²) in [6.07, 6.45) is 6.23. The third kappa shape index (κ3) is 7.56. The van der Waals surface area contributed by atoms with Crippen LogP contribution in [0.5, 0.6) is 0 Å². The molecule has 0 aliphatic carbocycles. The summed E-state index contributed by atoms with van der Waals surface area (Å²) >= 11 is 0. The van der Waals surface area contributed by atoms with Crippen molar-refractivity contribution in [2.75, 3.05) is 6.54 Å². The summed E-state index contributed by atoms with van der Waals surface area (Å²) in [5.41, 5.74) is 0. The molecule has 2 nitrogen and oxygen atoms in total. The van der Waals surface area contributed by atoms with E-state index in [1.807, 2.05) is 6.08 Å². The van der Waals surface area contributed by atoms with Crippen molar-refractivity contribution >= 4 is 0 Å². The van der Waals surface area contributed by atoms with Gasteiger partial charge in [0.1, 0.15) is 0 Å². The topological polar surface area (TPSA) is 24.1 Å². The Labute approximate surface area is 108 Å². The van der Waals surface area contributed by atoms with Crippen molar-refractivity contribution in [3.05, 3.63) is 12.7 Å². The van der Waals surface area contributed by atoms with Crippen LogP contribution >= 0.6 is 0 Å². The highest BCUT2D eigenvalue weighted by molar-refractivity contribution is 4.85. The lowest BCUT2D eigenvalue weighted by atomic mass is 9.97. The Morgan fingerprint density at radius 3 is 2.29 bits per heavy atom. The van der Waals surface area contributed by atoms with Crippen molar-refractivity contribution in [3.63, 3.8) is 0 Å². The van der Waals surface area contributed by atoms with Gasteiger partial charge < -0.3 is 5.32 Å². The molecule has 0 aromatic carbocycles. The van der Waals surface area contributed by atoms with E-state index in [2.05, 4.69) is 51.8 Å². The number of hydrogen-bond donors (Lipinski definition) is 2. The fourth-order valence-corrected chi connectivity index (χ4v) is 2.34. The number of rotatable bonds is 10. The molecule has 0 aliphatic rings. The SMILES string of the molecule is C=CC(C)C(NCC)N[C@H](C)CC(C)CCC. The van der Waals surface area contributed by atoms with E-state index in [1.165, 1.54) is 19.3 Å². The summed E-state index contributed by atoms with van der Waals surface area (Å²) in [5, 5.41) is 7.16. The zero-order valence-corrected chi connectivity index (χ0v) is 12.4. The van der Waals surface area contributed by atoms with Crippen LogP contribution in [0.1, 0.15) is 53.9 Å². The van der Waals surface area contributed by atoms with E-state index < -0.39 is 0 Å². The van der Waals surface area contributed by atoms with E-state index in [9.17, 15) is 0 Å². The molecule has 2 N–H and O–H groups in total. The summed E-state index contributed by atoms with van der Waals surface area (Å²) in [6, 6.07) is 0.558. The van der Waals surface area contributed by atoms with Crippen molar-refractivity contribution in [1.29, 1.82) is 0 Å². The van der Waals surface area contributed by atoms with Crippen LogP contribution in [-0.2, 0) is 0 Å². The first-order chi connectivity index (χ1) is 8.04. The molecule has 17 heavy (non-hydrogen) atoms. The highest BCUT2D eigenvalue weighted by Crippen LogP contribution is 2.13. The minimum absolute atomic E-state index is 0.348. The second kappa shape index (κ2) is 9.67. The van der Waals surface area contributed by atoms with Crippen LogP contribution in [0.25, 0.3) is 0 Å². The fraction of sp³-hybridized carbons (Fsp3) is 0.867. The molecule has 0 saturated carbocycles. The van der Waals surface area contributed by atoms with Gasteiger partial charge in [0, 0.05) is 12.0 Å². The monoisotopic (exact) mass is 240 g/mol. The minimum Gasteiger partial charge on any atom is -0.302 e. The first-order valence-corrected chi connectivity index (χ1v) is 7.17. The zero-order chi connectivity index (χ0) is 13.3. The van der Waals surface area contributed by atoms with Crippen molar-refractivity contribution in [2.45, 2.75) is 66.1 Å². The van der Waals surface area contributed by atoms with Gasteiger partial charge in [0.2, 0.25) is 0 Å². The van der Waals surface area contributed by atoms with Crippen LogP contribution in [0.15, 0.2) is 12.7 Å². The molecule has 0 radical (unpaired) electrons. The van der Waals surface area contributed by atoms with Crippen molar-refractivity contribution in [3.8, 4) is 0 Å². The molecule has 0 saturated heterocycles. The fourth-order valence-electron chi connectivity index (χ4n) is 2.34. The lowest BCUT2D eigenvalue weighted by Gasteiger charge is -2.28. The average molecular weight is 240 g/mol. The number of nitrogens with one attached hydrogen (secondary N) is 2. The Bertz CT molecular complexity index is 191. The van der Waals surface area contributed by atoms with Gasteiger partial charge >= 0.3 is 0 Å². The second-order valence-electron chi connectivity index (χ2n) is 5.33. The maximum atomic E-state index is 3.88. The quantitative estimate of drug-likeness (QED) is 0.451. The summed E-state index contributed by atoms with van der Waals surface area (Å²) < 4.78 is 0.